The van der Waals surface area contributed by atoms with E-state index in [1.54, 1.807) is 0 Å². The highest BCUT2D eigenvalue weighted by Crippen LogP contribution is 2.30. The number of rotatable bonds is 6. The lowest BCUT2D eigenvalue weighted by atomic mass is 10.2. The Morgan fingerprint density at radius 1 is 1.02 bits per heavy atom. The molecule has 0 saturated carbocycles. The van der Waals surface area contributed by atoms with Gasteiger partial charge in [-0.05, 0) is 42.5 Å². The molecule has 4 aromatic rings. The highest BCUT2D eigenvalue weighted by molar-refractivity contribution is 6.02. The summed E-state index contributed by atoms with van der Waals surface area (Å²) in [6.45, 7) is 0.432. The number of hydrogen-bond acceptors (Lipinski definition) is 7. The number of anilines is 2. The van der Waals surface area contributed by atoms with Crippen LogP contribution in [0.3, 0.4) is 0 Å². The molecule has 1 aliphatic rings. The summed E-state index contributed by atoms with van der Waals surface area (Å²) < 4.78 is 59.7. The third kappa shape index (κ3) is 5.99. The number of hydrogen-bond donors (Lipinski definition) is 3. The molecule has 15 heteroatoms. The van der Waals surface area contributed by atoms with Crippen molar-refractivity contribution in [3.63, 3.8) is 0 Å². The van der Waals surface area contributed by atoms with Crippen molar-refractivity contribution in [3.05, 3.63) is 84.1 Å². The minimum atomic E-state index is -4.49. The fourth-order valence-electron chi connectivity index (χ4n) is 3.63. The van der Waals surface area contributed by atoms with Gasteiger partial charge in [0.25, 0.3) is 5.91 Å². The molecule has 1 saturated heterocycles. The molecule has 2 aromatic heterocycles. The van der Waals surface area contributed by atoms with Crippen molar-refractivity contribution >= 4 is 23.4 Å². The number of ether oxygens (including phenoxy) is 1. The van der Waals surface area contributed by atoms with Gasteiger partial charge in [0.05, 0.1) is 36.6 Å². The first-order valence-corrected chi connectivity index (χ1v) is 11.6. The summed E-state index contributed by atoms with van der Waals surface area (Å²) in [5.41, 5.74) is -0.646. The lowest BCUT2D eigenvalue weighted by Gasteiger charge is -2.35. The Morgan fingerprint density at radius 2 is 1.77 bits per heavy atom. The van der Waals surface area contributed by atoms with Crippen LogP contribution in [0.15, 0.2) is 67.0 Å². The zero-order valence-corrected chi connectivity index (χ0v) is 20.3. The number of carbonyl (C=O) groups is 2. The Kier molecular flexibility index (Phi) is 7.04. The molecule has 1 aliphatic heterocycles. The van der Waals surface area contributed by atoms with Crippen LogP contribution in [0.5, 0.6) is 11.5 Å². The van der Waals surface area contributed by atoms with Crippen LogP contribution in [-0.2, 0) is 6.18 Å². The number of halogens is 4. The molecule has 11 nitrogen and oxygen atoms in total. The maximum Gasteiger partial charge on any atom is 0.416 e. The van der Waals surface area contributed by atoms with Gasteiger partial charge in [0.1, 0.15) is 11.6 Å². The minimum Gasteiger partial charge on any atom is -0.454 e. The van der Waals surface area contributed by atoms with Crippen LogP contribution in [0.2, 0.25) is 0 Å². The summed E-state index contributed by atoms with van der Waals surface area (Å²) in [5.74, 6) is -1.35. The number of nitrogens with one attached hydrogen (secondary N) is 2. The third-order valence-corrected chi connectivity index (χ3v) is 5.72. The average molecular weight is 557 g/mol. The largest absolute Gasteiger partial charge is 0.454 e. The molecule has 3 N–H and O–H groups in total. The average Bonchev–Trinajstić information content (AvgIpc) is 3.39. The second-order valence-corrected chi connectivity index (χ2v) is 8.66. The SMILES string of the molecule is O=C(Nc1ccc(Oc2ccnc(NC(=O)N3CC(O)C3)c2)c(F)c1)c1cn(-c2ccc(C(F)(F)F)cc2)nn1. The maximum atomic E-state index is 14.7. The molecule has 1 fully saturated rings. The van der Waals surface area contributed by atoms with E-state index < -0.39 is 35.6 Å². The van der Waals surface area contributed by atoms with Crippen LogP contribution in [0.25, 0.3) is 5.69 Å². The molecule has 0 unspecified atom stereocenters. The van der Waals surface area contributed by atoms with Crippen LogP contribution < -0.4 is 15.4 Å². The normalized spacial score (nSPS) is 13.5. The van der Waals surface area contributed by atoms with Crippen LogP contribution in [0.1, 0.15) is 16.1 Å². The number of aliphatic hydroxyl groups excluding tert-OH is 1. The van der Waals surface area contributed by atoms with E-state index in [2.05, 4.69) is 25.9 Å². The van der Waals surface area contributed by atoms with Gasteiger partial charge in [-0.2, -0.15) is 13.2 Å². The highest BCUT2D eigenvalue weighted by atomic mass is 19.4. The highest BCUT2D eigenvalue weighted by Gasteiger charge is 2.30. The number of nitrogens with zero attached hydrogens (tertiary/aromatic N) is 5. The first kappa shape index (κ1) is 26.6. The number of aromatic nitrogens is 4. The number of alkyl halides is 3. The molecule has 0 bridgehead atoms. The zero-order chi connectivity index (χ0) is 28.4. The zero-order valence-electron chi connectivity index (χ0n) is 20.3. The van der Waals surface area contributed by atoms with E-state index in [0.29, 0.717) is 0 Å². The summed E-state index contributed by atoms with van der Waals surface area (Å²) in [4.78, 5) is 30.1. The summed E-state index contributed by atoms with van der Waals surface area (Å²) >= 11 is 0. The van der Waals surface area contributed by atoms with Crippen molar-refractivity contribution in [3.8, 4) is 17.2 Å². The van der Waals surface area contributed by atoms with Gasteiger partial charge in [-0.3, -0.25) is 10.1 Å². The summed E-state index contributed by atoms with van der Waals surface area (Å²) in [6, 6.07) is 10.2. The first-order chi connectivity index (χ1) is 19.0. The Labute approximate surface area is 223 Å². The summed E-state index contributed by atoms with van der Waals surface area (Å²) in [6.07, 6.45) is -2.46. The van der Waals surface area contributed by atoms with E-state index in [9.17, 15) is 32.3 Å². The number of amides is 3. The second-order valence-electron chi connectivity index (χ2n) is 8.66. The topological polar surface area (TPSA) is 134 Å². The smallest absolute Gasteiger partial charge is 0.416 e. The molecule has 3 amide bonds. The predicted molar refractivity (Wildman–Crippen MR) is 132 cm³/mol. The molecule has 0 spiro atoms. The first-order valence-electron chi connectivity index (χ1n) is 11.6. The van der Waals surface area contributed by atoms with E-state index in [4.69, 9.17) is 4.74 Å². The van der Waals surface area contributed by atoms with E-state index in [1.165, 1.54) is 53.7 Å². The number of likely N-dealkylation sites (tertiary alicyclic amines) is 1. The Bertz CT molecular complexity index is 1550. The third-order valence-electron chi connectivity index (χ3n) is 5.72. The summed E-state index contributed by atoms with van der Waals surface area (Å²) in [7, 11) is 0. The number of benzene rings is 2. The van der Waals surface area contributed by atoms with E-state index >= 15 is 0 Å². The predicted octanol–water partition coefficient (Wildman–Crippen LogP) is 4.07. The fraction of sp³-hybridized carbons (Fsp3) is 0.160. The fourth-order valence-corrected chi connectivity index (χ4v) is 3.63. The lowest BCUT2D eigenvalue weighted by molar-refractivity contribution is -0.137. The maximum absolute atomic E-state index is 14.7. The van der Waals surface area contributed by atoms with Gasteiger partial charge >= 0.3 is 12.2 Å². The van der Waals surface area contributed by atoms with Crippen molar-refractivity contribution in [1.82, 2.24) is 24.9 Å². The standard InChI is InChI=1S/C25H19F4N7O4/c26-19-9-15(31-23(38)20-13-36(34-33-20)16-4-1-14(2-5-16)25(27,28)29)3-6-21(19)40-18-7-8-30-22(10-18)32-24(39)35-11-17(37)12-35/h1-10,13,17,37H,11-12H2,(H,31,38)(H,30,32,39). The van der Waals surface area contributed by atoms with Crippen molar-refractivity contribution in [2.75, 3.05) is 23.7 Å². The van der Waals surface area contributed by atoms with Crippen LogP contribution in [-0.4, -0.2) is 61.1 Å². The van der Waals surface area contributed by atoms with Crippen molar-refractivity contribution in [2.24, 2.45) is 0 Å². The summed E-state index contributed by atoms with van der Waals surface area (Å²) in [5, 5.41) is 21.8. The van der Waals surface area contributed by atoms with Gasteiger partial charge in [0.2, 0.25) is 0 Å². The number of pyridine rings is 1. The lowest BCUT2D eigenvalue weighted by Crippen LogP contribution is -2.54. The van der Waals surface area contributed by atoms with E-state index in [-0.39, 0.29) is 47.5 Å². The van der Waals surface area contributed by atoms with Crippen molar-refractivity contribution in [2.45, 2.75) is 12.3 Å². The molecule has 0 aliphatic carbocycles. The number of β-amino-alcohol motifs (C(OH)–C–C–N with tert-alkyl or cyclic N) is 1. The van der Waals surface area contributed by atoms with Gasteiger partial charge in [-0.15, -0.1) is 5.10 Å². The van der Waals surface area contributed by atoms with Gasteiger partial charge in [0.15, 0.2) is 17.3 Å². The van der Waals surface area contributed by atoms with E-state index in [0.717, 1.165) is 22.9 Å². The number of urea groups is 1. The van der Waals surface area contributed by atoms with Crippen molar-refractivity contribution in [1.29, 1.82) is 0 Å². The number of aliphatic hydroxyl groups is 1. The molecular weight excluding hydrogens is 538 g/mol. The van der Waals surface area contributed by atoms with Crippen LogP contribution >= 0.6 is 0 Å². The molecule has 2 aromatic carbocycles. The molecule has 40 heavy (non-hydrogen) atoms. The number of carbonyl (C=O) groups excluding carboxylic acids is 2. The molecule has 206 valence electrons. The van der Waals surface area contributed by atoms with Crippen LogP contribution in [0.4, 0.5) is 33.9 Å². The van der Waals surface area contributed by atoms with Crippen molar-refractivity contribution < 1.29 is 37.0 Å². The van der Waals surface area contributed by atoms with Gasteiger partial charge in [0, 0.05) is 24.0 Å². The Morgan fingerprint density at radius 3 is 2.45 bits per heavy atom. The van der Waals surface area contributed by atoms with Crippen LogP contribution in [0, 0.1) is 5.82 Å². The second kappa shape index (κ2) is 10.6. The quantitative estimate of drug-likeness (QED) is 0.304. The minimum absolute atomic E-state index is 0.0818. The molecule has 5 rings (SSSR count). The monoisotopic (exact) mass is 557 g/mol. The van der Waals surface area contributed by atoms with Gasteiger partial charge in [-0.25, -0.2) is 18.9 Å². The molecule has 0 atom stereocenters. The van der Waals surface area contributed by atoms with Gasteiger partial charge in [-0.1, -0.05) is 5.21 Å². The molecular formula is C25H19F4N7O4. The van der Waals surface area contributed by atoms with E-state index in [1.807, 2.05) is 0 Å². The molecule has 0 radical (unpaired) electrons. The van der Waals surface area contributed by atoms with Gasteiger partial charge < -0.3 is 20.1 Å². The molecule has 3 heterocycles. The Hall–Kier alpha value is -5.05. The Balaban J connectivity index is 1.20.